The maximum Gasteiger partial charge on any atom is 0.243 e. The van der Waals surface area contributed by atoms with E-state index in [0.29, 0.717) is 24.5 Å². The van der Waals surface area contributed by atoms with Gasteiger partial charge in [0.2, 0.25) is 10.0 Å². The molecule has 0 unspecified atom stereocenters. The third-order valence-corrected chi connectivity index (χ3v) is 8.00. The van der Waals surface area contributed by atoms with Crippen molar-refractivity contribution in [2.75, 3.05) is 11.9 Å². The van der Waals surface area contributed by atoms with Gasteiger partial charge in [-0.1, -0.05) is 29.8 Å². The van der Waals surface area contributed by atoms with Crippen LogP contribution >= 0.6 is 11.6 Å². The molecule has 5 rings (SSSR count). The largest absolute Gasteiger partial charge is 0.339 e. The summed E-state index contributed by atoms with van der Waals surface area (Å²) in [6.07, 6.45) is 4.06. The molecule has 3 heterocycles. The van der Waals surface area contributed by atoms with Gasteiger partial charge in [-0.05, 0) is 60.9 Å². The van der Waals surface area contributed by atoms with E-state index < -0.39 is 10.0 Å². The molecule has 8 heteroatoms. The highest BCUT2D eigenvalue weighted by Crippen LogP contribution is 2.31. The van der Waals surface area contributed by atoms with Crippen LogP contribution in [0.5, 0.6) is 0 Å². The van der Waals surface area contributed by atoms with Crippen LogP contribution in [0.2, 0.25) is 5.02 Å². The van der Waals surface area contributed by atoms with Crippen molar-refractivity contribution in [1.29, 1.82) is 0 Å². The summed E-state index contributed by atoms with van der Waals surface area (Å²) in [5.41, 5.74) is 4.48. The number of aryl methyl sites for hydroxylation is 1. The van der Waals surface area contributed by atoms with E-state index in [4.69, 9.17) is 11.6 Å². The highest BCUT2D eigenvalue weighted by molar-refractivity contribution is 7.89. The molecule has 1 N–H and O–H groups in total. The summed E-state index contributed by atoms with van der Waals surface area (Å²) in [5.74, 6) is 0.735. The quantitative estimate of drug-likeness (QED) is 0.455. The molecule has 2 aromatic heterocycles. The minimum Gasteiger partial charge on any atom is -0.339 e. The van der Waals surface area contributed by atoms with Gasteiger partial charge < -0.3 is 5.32 Å². The SMILES string of the molecule is Cc1cc(S(=O)(=O)N2CCc3c(ccnc3Nc3cnc4ccccc4c3)C2)ccc1Cl. The van der Waals surface area contributed by atoms with Crippen molar-refractivity contribution < 1.29 is 8.42 Å². The fourth-order valence-corrected chi connectivity index (χ4v) is 5.60. The van der Waals surface area contributed by atoms with Gasteiger partial charge in [0.25, 0.3) is 0 Å². The molecule has 0 saturated heterocycles. The van der Waals surface area contributed by atoms with Gasteiger partial charge in [0.05, 0.1) is 22.3 Å². The number of hydrogen-bond acceptors (Lipinski definition) is 5. The number of fused-ring (bicyclic) bond motifs is 2. The van der Waals surface area contributed by atoms with E-state index in [2.05, 4.69) is 15.3 Å². The van der Waals surface area contributed by atoms with E-state index >= 15 is 0 Å². The number of hydrogen-bond donors (Lipinski definition) is 1. The van der Waals surface area contributed by atoms with Gasteiger partial charge in [-0.15, -0.1) is 0 Å². The summed E-state index contributed by atoms with van der Waals surface area (Å²) in [4.78, 5) is 9.27. The summed E-state index contributed by atoms with van der Waals surface area (Å²) in [7, 11) is -3.62. The molecule has 0 saturated carbocycles. The summed E-state index contributed by atoms with van der Waals surface area (Å²) in [6.45, 7) is 2.48. The fourth-order valence-electron chi connectivity index (χ4n) is 3.98. The molecule has 0 aliphatic carbocycles. The van der Waals surface area contributed by atoms with Gasteiger partial charge in [0, 0.05) is 35.3 Å². The molecule has 1 aliphatic rings. The highest BCUT2D eigenvalue weighted by Gasteiger charge is 2.30. The Bertz CT molecular complexity index is 1440. The lowest BCUT2D eigenvalue weighted by Gasteiger charge is -2.29. The molecule has 0 bridgehead atoms. The van der Waals surface area contributed by atoms with Gasteiger partial charge >= 0.3 is 0 Å². The minimum atomic E-state index is -3.62. The number of rotatable bonds is 4. The van der Waals surface area contributed by atoms with Crippen LogP contribution in [-0.2, 0) is 23.0 Å². The molecule has 162 valence electrons. The van der Waals surface area contributed by atoms with Gasteiger partial charge in [-0.2, -0.15) is 4.31 Å². The van der Waals surface area contributed by atoms with E-state index in [1.54, 1.807) is 37.5 Å². The van der Waals surface area contributed by atoms with Crippen molar-refractivity contribution in [3.8, 4) is 0 Å². The Hall–Kier alpha value is -3.00. The Morgan fingerprint density at radius 3 is 2.75 bits per heavy atom. The van der Waals surface area contributed by atoms with E-state index in [1.165, 1.54) is 4.31 Å². The third kappa shape index (κ3) is 3.83. The number of sulfonamides is 1. The van der Waals surface area contributed by atoms with E-state index in [-0.39, 0.29) is 4.90 Å². The molecule has 6 nitrogen and oxygen atoms in total. The number of nitrogens with zero attached hydrogens (tertiary/aromatic N) is 3. The molecule has 0 amide bonds. The smallest absolute Gasteiger partial charge is 0.243 e. The number of para-hydroxylation sites is 1. The number of nitrogens with one attached hydrogen (secondary N) is 1. The second kappa shape index (κ2) is 8.16. The third-order valence-electron chi connectivity index (χ3n) is 5.73. The standard InChI is InChI=1S/C24H21ClN4O2S/c1-16-12-20(6-7-22(16)25)32(30,31)29-11-9-21-18(15-29)8-10-26-24(21)28-19-13-17-4-2-3-5-23(17)27-14-19/h2-8,10,12-14H,9,11,15H2,1H3,(H,26,28). The van der Waals surface area contributed by atoms with E-state index in [9.17, 15) is 8.42 Å². The van der Waals surface area contributed by atoms with Crippen LogP contribution in [0.15, 0.2) is 71.9 Å². The van der Waals surface area contributed by atoms with Gasteiger partial charge in [0.15, 0.2) is 0 Å². The maximum absolute atomic E-state index is 13.2. The van der Waals surface area contributed by atoms with Crippen molar-refractivity contribution in [1.82, 2.24) is 14.3 Å². The van der Waals surface area contributed by atoms with Crippen molar-refractivity contribution in [3.05, 3.63) is 88.7 Å². The number of pyridine rings is 2. The zero-order valence-corrected chi connectivity index (χ0v) is 19.0. The van der Waals surface area contributed by atoms with Crippen molar-refractivity contribution in [2.24, 2.45) is 0 Å². The van der Waals surface area contributed by atoms with Gasteiger partial charge in [0.1, 0.15) is 5.82 Å². The molecular weight excluding hydrogens is 444 g/mol. The second-order valence-electron chi connectivity index (χ2n) is 7.84. The van der Waals surface area contributed by atoms with E-state index in [1.807, 2.05) is 36.4 Å². The van der Waals surface area contributed by atoms with Crippen LogP contribution in [0, 0.1) is 6.92 Å². The number of anilines is 2. The first-order valence-corrected chi connectivity index (χ1v) is 12.1. The number of benzene rings is 2. The molecule has 32 heavy (non-hydrogen) atoms. The van der Waals surface area contributed by atoms with Crippen LogP contribution in [0.1, 0.15) is 16.7 Å². The van der Waals surface area contributed by atoms with Crippen LogP contribution in [0.4, 0.5) is 11.5 Å². The fraction of sp³-hybridized carbons (Fsp3) is 0.167. The zero-order chi connectivity index (χ0) is 22.3. The lowest BCUT2D eigenvalue weighted by molar-refractivity contribution is 0.391. The summed E-state index contributed by atoms with van der Waals surface area (Å²) in [5, 5.41) is 4.96. The van der Waals surface area contributed by atoms with Crippen molar-refractivity contribution in [3.63, 3.8) is 0 Å². The Morgan fingerprint density at radius 2 is 1.91 bits per heavy atom. The first kappa shape index (κ1) is 20.9. The topological polar surface area (TPSA) is 75.2 Å². The normalized spacial score (nSPS) is 14.3. The first-order valence-electron chi connectivity index (χ1n) is 10.3. The maximum atomic E-state index is 13.2. The van der Waals surface area contributed by atoms with Crippen LogP contribution in [0.3, 0.4) is 0 Å². The van der Waals surface area contributed by atoms with Crippen molar-refractivity contribution >= 4 is 44.0 Å². The minimum absolute atomic E-state index is 0.262. The average Bonchev–Trinajstić information content (AvgIpc) is 2.80. The van der Waals surface area contributed by atoms with Crippen LogP contribution in [-0.4, -0.2) is 29.2 Å². The zero-order valence-electron chi connectivity index (χ0n) is 17.4. The van der Waals surface area contributed by atoms with E-state index in [0.717, 1.165) is 39.1 Å². The van der Waals surface area contributed by atoms with Crippen LogP contribution in [0.25, 0.3) is 10.9 Å². The Morgan fingerprint density at radius 1 is 1.06 bits per heavy atom. The van der Waals surface area contributed by atoms with Crippen molar-refractivity contribution in [2.45, 2.75) is 24.8 Å². The van der Waals surface area contributed by atoms with Crippen LogP contribution < -0.4 is 5.32 Å². The Kier molecular flexibility index (Phi) is 5.33. The number of halogens is 1. The first-order chi connectivity index (χ1) is 15.4. The lowest BCUT2D eigenvalue weighted by atomic mass is 10.0. The molecule has 0 radical (unpaired) electrons. The molecule has 2 aromatic carbocycles. The predicted octanol–water partition coefficient (Wildman–Crippen LogP) is 5.08. The highest BCUT2D eigenvalue weighted by atomic mass is 35.5. The van der Waals surface area contributed by atoms with Gasteiger partial charge in [-0.25, -0.2) is 13.4 Å². The summed E-state index contributed by atoms with van der Waals surface area (Å²) >= 11 is 6.07. The molecule has 4 aromatic rings. The molecule has 0 spiro atoms. The summed E-state index contributed by atoms with van der Waals surface area (Å²) < 4.78 is 27.9. The Balaban J connectivity index is 1.42. The lowest BCUT2D eigenvalue weighted by Crippen LogP contribution is -2.36. The van der Waals surface area contributed by atoms with Gasteiger partial charge in [-0.3, -0.25) is 4.98 Å². The monoisotopic (exact) mass is 464 g/mol. The summed E-state index contributed by atoms with van der Waals surface area (Å²) in [6, 6.07) is 16.7. The Labute approximate surface area is 191 Å². The molecule has 0 fully saturated rings. The molecule has 1 aliphatic heterocycles. The second-order valence-corrected chi connectivity index (χ2v) is 10.2. The predicted molar refractivity (Wildman–Crippen MR) is 127 cm³/mol. The number of aromatic nitrogens is 2. The molecular formula is C24H21ClN4O2S. The average molecular weight is 465 g/mol. The molecule has 0 atom stereocenters.